The number of aromatic nitrogens is 1. The monoisotopic (exact) mass is 317 g/mol. The van der Waals surface area contributed by atoms with Crippen molar-refractivity contribution >= 4 is 23.0 Å². The third-order valence-electron chi connectivity index (χ3n) is 3.62. The van der Waals surface area contributed by atoms with Crippen LogP contribution in [0.3, 0.4) is 0 Å². The Balaban J connectivity index is 2.20. The highest BCUT2D eigenvalue weighted by Gasteiger charge is 2.17. The van der Waals surface area contributed by atoms with E-state index in [0.717, 1.165) is 47.2 Å². The fourth-order valence-electron chi connectivity index (χ4n) is 2.24. The number of anilines is 1. The molecule has 0 amide bonds. The second kappa shape index (κ2) is 7.94. The number of nitrogens with one attached hydrogen (secondary N) is 1. The zero-order valence-corrected chi connectivity index (χ0v) is 14.2. The van der Waals surface area contributed by atoms with Crippen molar-refractivity contribution in [3.8, 4) is 0 Å². The number of benzene rings is 1. The molecule has 0 bridgehead atoms. The maximum atomic E-state index is 5.59. The molecule has 0 atom stereocenters. The zero-order chi connectivity index (χ0) is 15.9. The standard InChI is InChI=1S/C17H23N3OS/c1-4-5-11-18-17(22)20(15-9-7-6-8-10-15)12-16-13(2)19-21-14(16)3/h6-10H,4-5,11-12H2,1-3H3,(H,18,22). The summed E-state index contributed by atoms with van der Waals surface area (Å²) in [5, 5.41) is 8.11. The van der Waals surface area contributed by atoms with Gasteiger partial charge in [-0.15, -0.1) is 0 Å². The zero-order valence-electron chi connectivity index (χ0n) is 13.4. The molecule has 0 aliphatic heterocycles. The SMILES string of the molecule is CCCCNC(=S)N(Cc1c(C)noc1C)c1ccccc1. The van der Waals surface area contributed by atoms with E-state index in [9.17, 15) is 0 Å². The van der Waals surface area contributed by atoms with Gasteiger partial charge in [0.2, 0.25) is 0 Å². The largest absolute Gasteiger partial charge is 0.362 e. The van der Waals surface area contributed by atoms with E-state index in [1.54, 1.807) is 0 Å². The number of thiocarbonyl (C=S) groups is 1. The van der Waals surface area contributed by atoms with E-state index in [4.69, 9.17) is 16.7 Å². The van der Waals surface area contributed by atoms with Gasteiger partial charge in [-0.25, -0.2) is 0 Å². The minimum atomic E-state index is 0.656. The van der Waals surface area contributed by atoms with Crippen molar-refractivity contribution in [2.24, 2.45) is 0 Å². The summed E-state index contributed by atoms with van der Waals surface area (Å²) in [5.41, 5.74) is 3.06. The van der Waals surface area contributed by atoms with E-state index in [1.165, 1.54) is 0 Å². The van der Waals surface area contributed by atoms with Crippen molar-refractivity contribution in [3.63, 3.8) is 0 Å². The van der Waals surface area contributed by atoms with Crippen LogP contribution in [-0.2, 0) is 6.54 Å². The fourth-order valence-corrected chi connectivity index (χ4v) is 2.51. The summed E-state index contributed by atoms with van der Waals surface area (Å²) < 4.78 is 5.27. The van der Waals surface area contributed by atoms with Gasteiger partial charge in [0.1, 0.15) is 5.76 Å². The van der Waals surface area contributed by atoms with E-state index in [0.29, 0.717) is 6.54 Å². The molecule has 0 spiro atoms. The summed E-state index contributed by atoms with van der Waals surface area (Å²) in [4.78, 5) is 2.09. The lowest BCUT2D eigenvalue weighted by atomic mass is 10.2. The van der Waals surface area contributed by atoms with Gasteiger partial charge < -0.3 is 14.7 Å². The second-order valence-corrected chi connectivity index (χ2v) is 5.70. The molecule has 0 saturated heterocycles. The van der Waals surface area contributed by atoms with Crippen molar-refractivity contribution in [3.05, 3.63) is 47.3 Å². The Morgan fingerprint density at radius 1 is 1.27 bits per heavy atom. The average Bonchev–Trinajstić information content (AvgIpc) is 2.84. The number of nitrogens with zero attached hydrogens (tertiary/aromatic N) is 2. The third-order valence-corrected chi connectivity index (χ3v) is 3.98. The third kappa shape index (κ3) is 4.07. The highest BCUT2D eigenvalue weighted by atomic mass is 32.1. The van der Waals surface area contributed by atoms with Crippen LogP contribution in [0.5, 0.6) is 0 Å². The molecule has 2 aromatic rings. The van der Waals surface area contributed by atoms with Gasteiger partial charge in [0, 0.05) is 17.8 Å². The minimum absolute atomic E-state index is 0.656. The van der Waals surface area contributed by atoms with Crippen molar-refractivity contribution in [2.45, 2.75) is 40.2 Å². The Hall–Kier alpha value is -1.88. The van der Waals surface area contributed by atoms with Gasteiger partial charge in [-0.1, -0.05) is 36.7 Å². The molecule has 0 aliphatic rings. The van der Waals surface area contributed by atoms with E-state index >= 15 is 0 Å². The number of aryl methyl sites for hydroxylation is 2. The van der Waals surface area contributed by atoms with Crippen LogP contribution in [-0.4, -0.2) is 16.8 Å². The van der Waals surface area contributed by atoms with E-state index in [-0.39, 0.29) is 0 Å². The van der Waals surface area contributed by atoms with Crippen LogP contribution in [0.1, 0.15) is 36.8 Å². The normalized spacial score (nSPS) is 10.5. The summed E-state index contributed by atoms with van der Waals surface area (Å²) in [5.74, 6) is 0.842. The Kier molecular flexibility index (Phi) is 5.95. The first kappa shape index (κ1) is 16.5. The molecule has 1 N–H and O–H groups in total. The van der Waals surface area contributed by atoms with Gasteiger partial charge in [-0.05, 0) is 44.6 Å². The molecule has 0 unspecified atom stereocenters. The summed E-state index contributed by atoms with van der Waals surface area (Å²) in [7, 11) is 0. The average molecular weight is 317 g/mol. The Morgan fingerprint density at radius 3 is 2.59 bits per heavy atom. The number of hydrogen-bond acceptors (Lipinski definition) is 3. The predicted molar refractivity (Wildman–Crippen MR) is 94.1 cm³/mol. The second-order valence-electron chi connectivity index (χ2n) is 5.31. The Bertz CT molecular complexity index is 590. The summed E-state index contributed by atoms with van der Waals surface area (Å²) in [6.07, 6.45) is 2.25. The van der Waals surface area contributed by atoms with E-state index in [1.807, 2.05) is 32.0 Å². The number of para-hydroxylation sites is 1. The first-order valence-electron chi connectivity index (χ1n) is 7.65. The van der Waals surface area contributed by atoms with Gasteiger partial charge >= 0.3 is 0 Å². The first-order valence-corrected chi connectivity index (χ1v) is 8.06. The summed E-state index contributed by atoms with van der Waals surface area (Å²) >= 11 is 5.59. The molecule has 5 heteroatoms. The number of hydrogen-bond donors (Lipinski definition) is 1. The van der Waals surface area contributed by atoms with Crippen LogP contribution >= 0.6 is 12.2 Å². The van der Waals surface area contributed by atoms with Crippen LogP contribution in [0.4, 0.5) is 5.69 Å². The molecule has 1 aromatic heterocycles. The smallest absolute Gasteiger partial charge is 0.173 e. The topological polar surface area (TPSA) is 41.3 Å². The lowest BCUT2D eigenvalue weighted by molar-refractivity contribution is 0.392. The van der Waals surface area contributed by atoms with Crippen LogP contribution in [0, 0.1) is 13.8 Å². The van der Waals surface area contributed by atoms with Gasteiger partial charge in [-0.3, -0.25) is 0 Å². The highest BCUT2D eigenvalue weighted by molar-refractivity contribution is 7.80. The van der Waals surface area contributed by atoms with Crippen molar-refractivity contribution in [1.29, 1.82) is 0 Å². The lowest BCUT2D eigenvalue weighted by Crippen LogP contribution is -2.40. The number of unbranched alkanes of at least 4 members (excludes halogenated alkanes) is 1. The Morgan fingerprint density at radius 2 is 2.00 bits per heavy atom. The summed E-state index contributed by atoms with van der Waals surface area (Å²) in [6.45, 7) is 7.61. The minimum Gasteiger partial charge on any atom is -0.362 e. The fraction of sp³-hybridized carbons (Fsp3) is 0.412. The first-order chi connectivity index (χ1) is 10.6. The molecule has 22 heavy (non-hydrogen) atoms. The number of rotatable bonds is 6. The highest BCUT2D eigenvalue weighted by Crippen LogP contribution is 2.21. The molecular weight excluding hydrogens is 294 g/mol. The van der Waals surface area contributed by atoms with Gasteiger partial charge in [-0.2, -0.15) is 0 Å². The molecule has 4 nitrogen and oxygen atoms in total. The van der Waals surface area contributed by atoms with Crippen LogP contribution in [0.15, 0.2) is 34.9 Å². The molecule has 2 rings (SSSR count). The van der Waals surface area contributed by atoms with Gasteiger partial charge in [0.05, 0.1) is 12.2 Å². The van der Waals surface area contributed by atoms with Crippen molar-refractivity contribution in [1.82, 2.24) is 10.5 Å². The van der Waals surface area contributed by atoms with Crippen LogP contribution in [0.25, 0.3) is 0 Å². The molecule has 0 saturated carbocycles. The molecule has 118 valence electrons. The van der Waals surface area contributed by atoms with Crippen molar-refractivity contribution < 1.29 is 4.52 Å². The molecule has 1 heterocycles. The molecule has 0 radical (unpaired) electrons. The van der Waals surface area contributed by atoms with Gasteiger partial charge in [0.25, 0.3) is 0 Å². The molecule has 1 aromatic carbocycles. The maximum absolute atomic E-state index is 5.59. The molecule has 0 aliphatic carbocycles. The van der Waals surface area contributed by atoms with Crippen molar-refractivity contribution in [2.75, 3.05) is 11.4 Å². The summed E-state index contributed by atoms with van der Waals surface area (Å²) in [6, 6.07) is 10.2. The quantitative estimate of drug-likeness (QED) is 0.645. The van der Waals surface area contributed by atoms with E-state index < -0.39 is 0 Å². The predicted octanol–water partition coefficient (Wildman–Crippen LogP) is 3.97. The van der Waals surface area contributed by atoms with Crippen LogP contribution in [0.2, 0.25) is 0 Å². The van der Waals surface area contributed by atoms with Crippen LogP contribution < -0.4 is 10.2 Å². The Labute approximate surface area is 137 Å². The lowest BCUT2D eigenvalue weighted by Gasteiger charge is -2.26. The van der Waals surface area contributed by atoms with E-state index in [2.05, 4.69) is 34.4 Å². The molecular formula is C17H23N3OS. The van der Waals surface area contributed by atoms with Gasteiger partial charge in [0.15, 0.2) is 5.11 Å². The molecule has 0 fully saturated rings. The maximum Gasteiger partial charge on any atom is 0.173 e.